The van der Waals surface area contributed by atoms with Crippen LogP contribution in [0.2, 0.25) is 0 Å². The van der Waals surface area contributed by atoms with Crippen LogP contribution in [-0.4, -0.2) is 66.5 Å². The Morgan fingerprint density at radius 3 is 1.59 bits per heavy atom. The summed E-state index contributed by atoms with van der Waals surface area (Å²) in [7, 11) is 5.09. The summed E-state index contributed by atoms with van der Waals surface area (Å²) in [5.41, 5.74) is 5.75. The second kappa shape index (κ2) is 21.1. The molecule has 0 aromatic rings. The first-order chi connectivity index (χ1) is 16.3. The maximum Gasteiger partial charge on any atom is 0.329 e. The molecular formula is C24H44N2O6S2. The van der Waals surface area contributed by atoms with E-state index in [2.05, 4.69) is 18.6 Å². The summed E-state index contributed by atoms with van der Waals surface area (Å²) in [6, 6.07) is -1.80. The highest BCUT2D eigenvalue weighted by Crippen LogP contribution is 2.26. The highest BCUT2D eigenvalue weighted by molar-refractivity contribution is 8.76. The van der Waals surface area contributed by atoms with Gasteiger partial charge in [-0.3, -0.25) is 19.3 Å². The van der Waals surface area contributed by atoms with E-state index in [4.69, 9.17) is 10.5 Å². The van der Waals surface area contributed by atoms with Gasteiger partial charge >= 0.3 is 11.9 Å². The summed E-state index contributed by atoms with van der Waals surface area (Å²) < 4.78 is 9.55. The van der Waals surface area contributed by atoms with Crippen molar-refractivity contribution in [2.24, 2.45) is 5.73 Å². The molecule has 34 heavy (non-hydrogen) atoms. The number of imide groups is 1. The van der Waals surface area contributed by atoms with Gasteiger partial charge in [0.1, 0.15) is 12.1 Å². The molecule has 8 nitrogen and oxygen atoms in total. The van der Waals surface area contributed by atoms with Gasteiger partial charge in [-0.15, -0.1) is 0 Å². The second-order valence-electron chi connectivity index (χ2n) is 8.22. The number of amides is 2. The first kappa shape index (κ1) is 32.7. The summed E-state index contributed by atoms with van der Waals surface area (Å²) in [6.45, 7) is 4.25. The summed E-state index contributed by atoms with van der Waals surface area (Å²) in [6.07, 6.45) is 10.2. The van der Waals surface area contributed by atoms with Gasteiger partial charge in [-0.1, -0.05) is 86.8 Å². The SMILES string of the molecule is CCCCCCCC(=O)N(C(=O)CCCCCCC)[C@@H](CSSCC(N)C(=O)OC)C(=O)OC. The molecule has 0 bridgehead atoms. The number of methoxy groups -OCH3 is 2. The average Bonchev–Trinajstić information content (AvgIpc) is 2.84. The molecule has 2 amide bonds. The molecule has 0 aliphatic rings. The quantitative estimate of drug-likeness (QED) is 0.141. The van der Waals surface area contributed by atoms with Crippen LogP contribution in [0.15, 0.2) is 0 Å². The number of ether oxygens (including phenoxy) is 2. The standard InChI is InChI=1S/C24H44N2O6S2/c1-5-7-9-11-13-15-21(27)26(22(28)16-14-12-10-8-6-2)20(24(30)32-4)18-34-33-17-19(25)23(29)31-3/h19-20H,5-18,25H2,1-4H3/t19?,20-/m0/s1. The molecule has 0 aliphatic carbocycles. The van der Waals surface area contributed by atoms with Gasteiger partial charge in [0, 0.05) is 24.3 Å². The molecule has 0 radical (unpaired) electrons. The Bertz CT molecular complexity index is 580. The van der Waals surface area contributed by atoms with Gasteiger partial charge in [0.15, 0.2) is 0 Å². The minimum absolute atomic E-state index is 0.161. The lowest BCUT2D eigenvalue weighted by molar-refractivity contribution is -0.158. The summed E-state index contributed by atoms with van der Waals surface area (Å²) in [4.78, 5) is 51.3. The number of hydrogen-bond donors (Lipinski definition) is 1. The Morgan fingerprint density at radius 2 is 1.15 bits per heavy atom. The molecule has 10 heteroatoms. The van der Waals surface area contributed by atoms with E-state index >= 15 is 0 Å². The Morgan fingerprint density at radius 1 is 0.706 bits per heavy atom. The molecule has 0 heterocycles. The van der Waals surface area contributed by atoms with Gasteiger partial charge < -0.3 is 15.2 Å². The Hall–Kier alpha value is -1.26. The number of rotatable bonds is 20. The van der Waals surface area contributed by atoms with E-state index in [-0.39, 0.29) is 36.2 Å². The van der Waals surface area contributed by atoms with Crippen LogP contribution in [0.1, 0.15) is 90.9 Å². The Balaban J connectivity index is 5.21. The maximum absolute atomic E-state index is 13.1. The third kappa shape index (κ3) is 14.2. The van der Waals surface area contributed by atoms with Crippen LogP contribution in [0, 0.1) is 0 Å². The van der Waals surface area contributed by atoms with E-state index < -0.39 is 24.0 Å². The van der Waals surface area contributed by atoms with E-state index in [0.717, 1.165) is 56.3 Å². The highest BCUT2D eigenvalue weighted by atomic mass is 33.1. The minimum atomic E-state index is -1.01. The molecule has 0 aromatic carbocycles. The minimum Gasteiger partial charge on any atom is -0.468 e. The predicted molar refractivity (Wildman–Crippen MR) is 139 cm³/mol. The predicted octanol–water partition coefficient (Wildman–Crippen LogP) is 4.49. The van der Waals surface area contributed by atoms with Crippen molar-refractivity contribution in [2.75, 3.05) is 25.7 Å². The zero-order chi connectivity index (χ0) is 25.8. The van der Waals surface area contributed by atoms with E-state index in [1.165, 1.54) is 35.8 Å². The summed E-state index contributed by atoms with van der Waals surface area (Å²) in [5.74, 6) is -1.36. The highest BCUT2D eigenvalue weighted by Gasteiger charge is 2.35. The van der Waals surface area contributed by atoms with Crippen LogP contribution in [0.4, 0.5) is 0 Å². The lowest BCUT2D eigenvalue weighted by Crippen LogP contribution is -2.50. The van der Waals surface area contributed by atoms with Gasteiger partial charge in [-0.25, -0.2) is 4.79 Å². The molecule has 0 spiro atoms. The maximum atomic E-state index is 13.1. The third-order valence-corrected chi connectivity index (χ3v) is 7.80. The average molecular weight is 521 g/mol. The Labute approximate surface area is 213 Å². The van der Waals surface area contributed by atoms with Gasteiger partial charge in [-0.2, -0.15) is 0 Å². The fraction of sp³-hybridized carbons (Fsp3) is 0.833. The second-order valence-corrected chi connectivity index (χ2v) is 10.8. The van der Waals surface area contributed by atoms with Crippen LogP contribution >= 0.6 is 21.6 Å². The van der Waals surface area contributed by atoms with Gasteiger partial charge in [-0.05, 0) is 12.8 Å². The molecule has 2 atom stereocenters. The van der Waals surface area contributed by atoms with Crippen molar-refractivity contribution < 1.29 is 28.7 Å². The monoisotopic (exact) mass is 520 g/mol. The zero-order valence-electron chi connectivity index (χ0n) is 21.3. The van der Waals surface area contributed by atoms with E-state index in [1.54, 1.807) is 0 Å². The fourth-order valence-electron chi connectivity index (χ4n) is 3.32. The number of unbranched alkanes of at least 4 members (excludes halogenated alkanes) is 8. The van der Waals surface area contributed by atoms with E-state index in [0.29, 0.717) is 12.8 Å². The van der Waals surface area contributed by atoms with Crippen LogP contribution < -0.4 is 5.73 Å². The van der Waals surface area contributed by atoms with Crippen molar-refractivity contribution in [1.29, 1.82) is 0 Å². The van der Waals surface area contributed by atoms with Crippen LogP contribution in [-0.2, 0) is 28.7 Å². The number of esters is 2. The van der Waals surface area contributed by atoms with Crippen LogP contribution in [0.3, 0.4) is 0 Å². The largest absolute Gasteiger partial charge is 0.468 e. The van der Waals surface area contributed by atoms with Crippen LogP contribution in [0.5, 0.6) is 0 Å². The number of hydrogen-bond acceptors (Lipinski definition) is 9. The fourth-order valence-corrected chi connectivity index (χ4v) is 5.62. The first-order valence-electron chi connectivity index (χ1n) is 12.3. The van der Waals surface area contributed by atoms with Gasteiger partial charge in [0.05, 0.1) is 14.2 Å². The smallest absolute Gasteiger partial charge is 0.329 e. The van der Waals surface area contributed by atoms with E-state index in [9.17, 15) is 19.2 Å². The van der Waals surface area contributed by atoms with Crippen molar-refractivity contribution in [3.63, 3.8) is 0 Å². The normalized spacial score (nSPS) is 12.6. The van der Waals surface area contributed by atoms with Crippen molar-refractivity contribution in [1.82, 2.24) is 4.90 Å². The van der Waals surface area contributed by atoms with E-state index in [1.807, 2.05) is 0 Å². The molecule has 2 N–H and O–H groups in total. The summed E-state index contributed by atoms with van der Waals surface area (Å²) >= 11 is 0. The molecule has 0 saturated carbocycles. The topological polar surface area (TPSA) is 116 Å². The number of carbonyl (C=O) groups excluding carboxylic acids is 4. The lowest BCUT2D eigenvalue weighted by Gasteiger charge is -2.28. The van der Waals surface area contributed by atoms with Crippen molar-refractivity contribution in [3.05, 3.63) is 0 Å². The zero-order valence-corrected chi connectivity index (χ0v) is 23.0. The first-order valence-corrected chi connectivity index (χ1v) is 14.8. The molecule has 0 saturated heterocycles. The molecule has 0 rings (SSSR count). The Kier molecular flexibility index (Phi) is 20.3. The third-order valence-electron chi connectivity index (χ3n) is 5.37. The van der Waals surface area contributed by atoms with Gasteiger partial charge in [0.25, 0.3) is 0 Å². The van der Waals surface area contributed by atoms with Crippen molar-refractivity contribution >= 4 is 45.3 Å². The summed E-state index contributed by atoms with van der Waals surface area (Å²) in [5, 5.41) is 0. The molecule has 0 aliphatic heterocycles. The van der Waals surface area contributed by atoms with Gasteiger partial charge in [0.2, 0.25) is 11.8 Å². The number of nitrogens with two attached hydrogens (primary N) is 1. The molecular weight excluding hydrogens is 476 g/mol. The molecule has 198 valence electrons. The molecule has 0 aromatic heterocycles. The lowest BCUT2D eigenvalue weighted by atomic mass is 10.1. The number of nitrogens with zero attached hydrogens (tertiary/aromatic N) is 1. The molecule has 0 fully saturated rings. The van der Waals surface area contributed by atoms with Crippen molar-refractivity contribution in [2.45, 2.75) is 103 Å². The molecule has 1 unspecified atom stereocenters. The van der Waals surface area contributed by atoms with Crippen LogP contribution in [0.25, 0.3) is 0 Å². The number of carbonyl (C=O) groups is 4. The van der Waals surface area contributed by atoms with Crippen molar-refractivity contribution in [3.8, 4) is 0 Å².